The predicted molar refractivity (Wildman–Crippen MR) is 137 cm³/mol. The molecule has 3 aromatic rings. The fourth-order valence-electron chi connectivity index (χ4n) is 5.07. The van der Waals surface area contributed by atoms with Crippen molar-refractivity contribution in [2.45, 2.75) is 44.8 Å². The molecule has 192 valence electrons. The van der Waals surface area contributed by atoms with E-state index >= 15 is 0 Å². The first-order chi connectivity index (χ1) is 18.0. The Balaban J connectivity index is 1.39. The minimum atomic E-state index is -0.251. The van der Waals surface area contributed by atoms with Gasteiger partial charge < -0.3 is 20.3 Å². The molecule has 5 rings (SSSR count). The van der Waals surface area contributed by atoms with Gasteiger partial charge in [-0.05, 0) is 61.2 Å². The Morgan fingerprint density at radius 1 is 1.08 bits per heavy atom. The van der Waals surface area contributed by atoms with Crippen LogP contribution in [-0.4, -0.2) is 64.2 Å². The highest BCUT2D eigenvalue weighted by molar-refractivity contribution is 5.96. The fourth-order valence-corrected chi connectivity index (χ4v) is 5.07. The molecule has 1 saturated heterocycles. The lowest BCUT2D eigenvalue weighted by Gasteiger charge is -2.31. The van der Waals surface area contributed by atoms with Crippen molar-refractivity contribution in [3.8, 4) is 5.75 Å². The summed E-state index contributed by atoms with van der Waals surface area (Å²) in [6.45, 7) is 3.40. The average molecular weight is 502 g/mol. The average Bonchev–Trinajstić information content (AvgIpc) is 3.55. The molecule has 1 fully saturated rings. The Morgan fingerprint density at radius 3 is 2.78 bits per heavy atom. The number of nitrogens with one attached hydrogen (secondary N) is 2. The molecule has 3 amide bonds. The molecule has 9 nitrogen and oxygen atoms in total. The first-order valence-corrected chi connectivity index (χ1v) is 12.7. The molecule has 0 saturated carbocycles. The van der Waals surface area contributed by atoms with E-state index in [0.29, 0.717) is 49.4 Å². The molecule has 1 aromatic heterocycles. The molecule has 37 heavy (non-hydrogen) atoms. The molecule has 0 radical (unpaired) electrons. The van der Waals surface area contributed by atoms with Crippen LogP contribution in [0.3, 0.4) is 0 Å². The van der Waals surface area contributed by atoms with Crippen molar-refractivity contribution in [1.82, 2.24) is 25.3 Å². The lowest BCUT2D eigenvalue weighted by atomic mass is 10.1. The summed E-state index contributed by atoms with van der Waals surface area (Å²) in [6, 6.07) is 14.2. The summed E-state index contributed by atoms with van der Waals surface area (Å²) in [7, 11) is 0. The first kappa shape index (κ1) is 24.5. The molecule has 2 N–H and O–H groups in total. The molecule has 0 spiro atoms. The van der Waals surface area contributed by atoms with Crippen LogP contribution in [0.1, 0.15) is 51.1 Å². The van der Waals surface area contributed by atoms with Gasteiger partial charge in [0.15, 0.2) is 0 Å². The summed E-state index contributed by atoms with van der Waals surface area (Å²) in [6.07, 6.45) is 5.20. The minimum Gasteiger partial charge on any atom is -0.491 e. The number of carbonyl (C=O) groups excluding carboxylic acids is 3. The zero-order valence-electron chi connectivity index (χ0n) is 20.9. The van der Waals surface area contributed by atoms with E-state index in [9.17, 15) is 14.4 Å². The summed E-state index contributed by atoms with van der Waals surface area (Å²) in [5.41, 5.74) is 2.93. The first-order valence-electron chi connectivity index (χ1n) is 12.7. The van der Waals surface area contributed by atoms with Crippen LogP contribution < -0.4 is 15.4 Å². The Labute approximate surface area is 215 Å². The zero-order chi connectivity index (χ0) is 25.8. The molecule has 2 aliphatic heterocycles. The van der Waals surface area contributed by atoms with E-state index in [1.807, 2.05) is 43.5 Å². The molecule has 0 unspecified atom stereocenters. The summed E-state index contributed by atoms with van der Waals surface area (Å²) in [5, 5.41) is 10.2. The molecule has 2 aliphatic rings. The summed E-state index contributed by atoms with van der Waals surface area (Å²) < 4.78 is 7.62. The molecule has 3 heterocycles. The van der Waals surface area contributed by atoms with Gasteiger partial charge in [0.25, 0.3) is 11.8 Å². The largest absolute Gasteiger partial charge is 0.491 e. The van der Waals surface area contributed by atoms with Gasteiger partial charge >= 0.3 is 0 Å². The van der Waals surface area contributed by atoms with Gasteiger partial charge in [0.2, 0.25) is 5.91 Å². The highest BCUT2D eigenvalue weighted by atomic mass is 16.5. The van der Waals surface area contributed by atoms with Crippen LogP contribution in [0.15, 0.2) is 60.9 Å². The van der Waals surface area contributed by atoms with Crippen molar-refractivity contribution in [3.05, 3.63) is 83.2 Å². The lowest BCUT2D eigenvalue weighted by Crippen LogP contribution is -2.47. The second kappa shape index (κ2) is 10.9. The van der Waals surface area contributed by atoms with Crippen LogP contribution in [0.25, 0.3) is 0 Å². The monoisotopic (exact) mass is 501 g/mol. The lowest BCUT2D eigenvalue weighted by molar-refractivity contribution is -0.122. The smallest absolute Gasteiger partial charge is 0.254 e. The van der Waals surface area contributed by atoms with Gasteiger partial charge in [-0.2, -0.15) is 5.10 Å². The Kier molecular flexibility index (Phi) is 7.20. The number of carbonyl (C=O) groups is 3. The number of ether oxygens (including phenoxy) is 1. The standard InChI is InChI=1S/C28H31N5O4/c1-19-6-7-21-15-25(19)37-13-11-29-26(34)16-23-8-9-24(17-30-27(21)35)33(23)28(36)22-5-2-4-20(14-22)18-32-12-3-10-31-32/h2-7,10,12,14-15,23-24H,8-9,11,13,16-18H2,1H3,(H,29,34)(H,30,35)/t23-,24+/m0/s1. The zero-order valence-corrected chi connectivity index (χ0v) is 20.9. The molecule has 4 bridgehead atoms. The van der Waals surface area contributed by atoms with Crippen molar-refractivity contribution in [2.75, 3.05) is 19.7 Å². The maximum atomic E-state index is 13.8. The third kappa shape index (κ3) is 5.66. The van der Waals surface area contributed by atoms with Crippen molar-refractivity contribution < 1.29 is 19.1 Å². The van der Waals surface area contributed by atoms with Gasteiger partial charge in [0.05, 0.1) is 13.1 Å². The Hall–Kier alpha value is -4.14. The normalized spacial score (nSPS) is 20.3. The molecule has 2 atom stereocenters. The van der Waals surface area contributed by atoms with Crippen LogP contribution in [0.5, 0.6) is 5.75 Å². The second-order valence-electron chi connectivity index (χ2n) is 9.59. The van der Waals surface area contributed by atoms with E-state index < -0.39 is 0 Å². The number of hydrogen-bond acceptors (Lipinski definition) is 5. The SMILES string of the molecule is Cc1ccc2cc1OCCNC(=O)C[C@@H]1CC[C@H](CNC2=O)N1C(=O)c1cccc(Cn2cccn2)c1. The third-order valence-corrected chi connectivity index (χ3v) is 6.98. The van der Waals surface area contributed by atoms with Gasteiger partial charge in [-0.1, -0.05) is 18.2 Å². The number of aryl methyl sites for hydroxylation is 1. The highest BCUT2D eigenvalue weighted by Crippen LogP contribution is 2.29. The number of hydrogen-bond donors (Lipinski definition) is 2. The number of rotatable bonds is 3. The van der Waals surface area contributed by atoms with Crippen LogP contribution in [0.4, 0.5) is 0 Å². The number of aromatic nitrogens is 2. The van der Waals surface area contributed by atoms with E-state index in [-0.39, 0.29) is 42.8 Å². The van der Waals surface area contributed by atoms with Gasteiger partial charge in [-0.25, -0.2) is 0 Å². The van der Waals surface area contributed by atoms with E-state index in [2.05, 4.69) is 15.7 Å². The Bertz CT molecular complexity index is 1290. The topological polar surface area (TPSA) is 106 Å². The molecular formula is C28H31N5O4. The van der Waals surface area contributed by atoms with Crippen LogP contribution in [0.2, 0.25) is 0 Å². The third-order valence-electron chi connectivity index (χ3n) is 6.98. The van der Waals surface area contributed by atoms with Crippen LogP contribution in [-0.2, 0) is 11.3 Å². The predicted octanol–water partition coefficient (Wildman–Crippen LogP) is 2.54. The molecule has 2 aromatic carbocycles. The number of benzene rings is 2. The number of fused-ring (bicyclic) bond motifs is 4. The quantitative estimate of drug-likeness (QED) is 0.574. The van der Waals surface area contributed by atoms with Crippen molar-refractivity contribution >= 4 is 17.7 Å². The fraction of sp³-hybridized carbons (Fsp3) is 0.357. The maximum absolute atomic E-state index is 13.8. The van der Waals surface area contributed by atoms with Crippen LogP contribution in [0, 0.1) is 6.92 Å². The minimum absolute atomic E-state index is 0.121. The van der Waals surface area contributed by atoms with Crippen molar-refractivity contribution in [1.29, 1.82) is 0 Å². The van der Waals surface area contributed by atoms with E-state index in [1.165, 1.54) is 0 Å². The Morgan fingerprint density at radius 2 is 1.95 bits per heavy atom. The highest BCUT2D eigenvalue weighted by Gasteiger charge is 2.38. The maximum Gasteiger partial charge on any atom is 0.254 e. The summed E-state index contributed by atoms with van der Waals surface area (Å²) in [5.74, 6) is 0.141. The summed E-state index contributed by atoms with van der Waals surface area (Å²) in [4.78, 5) is 41.3. The van der Waals surface area contributed by atoms with Crippen molar-refractivity contribution in [3.63, 3.8) is 0 Å². The molecule has 0 aliphatic carbocycles. The van der Waals surface area contributed by atoms with Gasteiger partial charge in [-0.15, -0.1) is 0 Å². The van der Waals surface area contributed by atoms with Gasteiger partial charge in [0.1, 0.15) is 12.4 Å². The van der Waals surface area contributed by atoms with E-state index in [1.54, 1.807) is 34.0 Å². The second-order valence-corrected chi connectivity index (χ2v) is 9.59. The number of nitrogens with zero attached hydrogens (tertiary/aromatic N) is 3. The number of amides is 3. The molecule has 9 heteroatoms. The van der Waals surface area contributed by atoms with Crippen LogP contribution >= 0.6 is 0 Å². The summed E-state index contributed by atoms with van der Waals surface area (Å²) >= 11 is 0. The van der Waals surface area contributed by atoms with E-state index in [0.717, 1.165) is 11.1 Å². The van der Waals surface area contributed by atoms with Gasteiger partial charge in [-0.3, -0.25) is 19.1 Å². The van der Waals surface area contributed by atoms with Gasteiger partial charge in [0, 0.05) is 48.6 Å². The molecular weight excluding hydrogens is 470 g/mol. The van der Waals surface area contributed by atoms with E-state index in [4.69, 9.17) is 4.74 Å². The van der Waals surface area contributed by atoms with Crippen molar-refractivity contribution in [2.24, 2.45) is 0 Å².